The van der Waals surface area contributed by atoms with Crippen LogP contribution in [0.5, 0.6) is 0 Å². The minimum absolute atomic E-state index is 0.0614. The number of hydrogen-bond acceptors (Lipinski definition) is 9. The van der Waals surface area contributed by atoms with Crippen molar-refractivity contribution in [2.45, 2.75) is 37.0 Å². The summed E-state index contributed by atoms with van der Waals surface area (Å²) in [7, 11) is 0. The number of nitrogens with zero attached hydrogens (tertiary/aromatic N) is 4. The number of rotatable bonds is 8. The number of fused-ring (bicyclic) bond motifs is 1. The molecular weight excluding hydrogens is 448 g/mol. The molecule has 35 heavy (non-hydrogen) atoms. The van der Waals surface area contributed by atoms with Gasteiger partial charge in [0.05, 0.1) is 19.5 Å². The lowest BCUT2D eigenvalue weighted by Crippen LogP contribution is -2.33. The molecule has 0 amide bonds. The topological polar surface area (TPSA) is 152 Å². The van der Waals surface area contributed by atoms with E-state index in [1.54, 1.807) is 0 Å². The first-order valence-electron chi connectivity index (χ1n) is 11.5. The maximum absolute atomic E-state index is 10.5. The molecule has 182 valence electrons. The molecule has 0 saturated carbocycles. The van der Waals surface area contributed by atoms with Gasteiger partial charge >= 0.3 is 0 Å². The lowest BCUT2D eigenvalue weighted by atomic mass is 9.91. The molecule has 4 atom stereocenters. The Bertz CT molecular complexity index is 1230. The molecule has 3 heterocycles. The monoisotopic (exact) mass is 476 g/mol. The molecule has 1 aliphatic heterocycles. The van der Waals surface area contributed by atoms with Gasteiger partial charge in [-0.2, -0.15) is 0 Å². The molecule has 10 heteroatoms. The highest BCUT2D eigenvalue weighted by atomic mass is 16.6. The van der Waals surface area contributed by atoms with Gasteiger partial charge in [0.15, 0.2) is 23.2 Å². The quantitative estimate of drug-likeness (QED) is 0.252. The van der Waals surface area contributed by atoms with Gasteiger partial charge in [-0.05, 0) is 11.1 Å². The van der Waals surface area contributed by atoms with Crippen LogP contribution < -0.4 is 11.1 Å². The van der Waals surface area contributed by atoms with E-state index in [-0.39, 0.29) is 12.5 Å². The largest absolute Gasteiger partial charge is 0.394 e. The van der Waals surface area contributed by atoms with Crippen molar-refractivity contribution in [2.24, 2.45) is 5.73 Å². The van der Waals surface area contributed by atoms with Gasteiger partial charge in [0, 0.05) is 12.5 Å². The summed E-state index contributed by atoms with van der Waals surface area (Å²) in [5, 5.41) is 33.6. The van der Waals surface area contributed by atoms with Crippen molar-refractivity contribution in [1.29, 1.82) is 0 Å². The van der Waals surface area contributed by atoms with Crippen molar-refractivity contribution in [3.8, 4) is 0 Å². The van der Waals surface area contributed by atoms with Crippen LogP contribution >= 0.6 is 0 Å². The van der Waals surface area contributed by atoms with E-state index in [2.05, 4.69) is 44.5 Å². The first kappa shape index (κ1) is 23.3. The summed E-state index contributed by atoms with van der Waals surface area (Å²) in [6.07, 6.45) is -2.86. The number of nitrogens with two attached hydrogens (primary N) is 1. The third kappa shape index (κ3) is 4.49. The Morgan fingerprint density at radius 3 is 2.20 bits per heavy atom. The molecule has 0 radical (unpaired) electrons. The summed E-state index contributed by atoms with van der Waals surface area (Å²) in [6.45, 7) is 0.231. The molecule has 4 aromatic rings. The Morgan fingerprint density at radius 2 is 1.63 bits per heavy atom. The van der Waals surface area contributed by atoms with Crippen LogP contribution in [0.25, 0.3) is 11.2 Å². The summed E-state index contributed by atoms with van der Waals surface area (Å²) in [6, 6.07) is 20.4. The number of imidazole rings is 1. The highest BCUT2D eigenvalue weighted by Crippen LogP contribution is 2.33. The van der Waals surface area contributed by atoms with Crippen LogP contribution in [0.1, 0.15) is 29.1 Å². The van der Waals surface area contributed by atoms with Gasteiger partial charge in [0.1, 0.15) is 24.1 Å². The van der Waals surface area contributed by atoms with Gasteiger partial charge in [0.2, 0.25) is 0 Å². The van der Waals surface area contributed by atoms with Crippen LogP contribution in [0.4, 0.5) is 5.82 Å². The maximum atomic E-state index is 10.5. The molecule has 10 nitrogen and oxygen atoms in total. The van der Waals surface area contributed by atoms with Crippen molar-refractivity contribution in [1.82, 2.24) is 19.5 Å². The Morgan fingerprint density at radius 1 is 0.971 bits per heavy atom. The van der Waals surface area contributed by atoms with E-state index in [0.29, 0.717) is 29.4 Å². The molecule has 4 unspecified atom stereocenters. The minimum Gasteiger partial charge on any atom is -0.394 e. The first-order valence-corrected chi connectivity index (χ1v) is 11.5. The smallest absolute Gasteiger partial charge is 0.168 e. The number of benzene rings is 2. The molecule has 1 saturated heterocycles. The normalized spacial score (nSPS) is 22.2. The van der Waals surface area contributed by atoms with Crippen molar-refractivity contribution >= 4 is 17.0 Å². The Kier molecular flexibility index (Phi) is 6.71. The van der Waals surface area contributed by atoms with Crippen LogP contribution in [0.3, 0.4) is 0 Å². The van der Waals surface area contributed by atoms with Gasteiger partial charge in [-0.25, -0.2) is 15.0 Å². The summed E-state index contributed by atoms with van der Waals surface area (Å²) in [5.74, 6) is 0.966. The Hall–Kier alpha value is -3.41. The fraction of sp³-hybridized carbons (Fsp3) is 0.320. The second-order valence-electron chi connectivity index (χ2n) is 8.50. The molecule has 6 N–H and O–H groups in total. The van der Waals surface area contributed by atoms with Crippen molar-refractivity contribution in [2.75, 3.05) is 18.5 Å². The van der Waals surface area contributed by atoms with Crippen molar-refractivity contribution in [3.63, 3.8) is 0 Å². The fourth-order valence-electron chi connectivity index (χ4n) is 4.47. The van der Waals surface area contributed by atoms with E-state index >= 15 is 0 Å². The van der Waals surface area contributed by atoms with Crippen molar-refractivity contribution in [3.05, 3.63) is 83.9 Å². The van der Waals surface area contributed by atoms with E-state index in [0.717, 1.165) is 11.1 Å². The second-order valence-corrected chi connectivity index (χ2v) is 8.50. The van der Waals surface area contributed by atoms with Crippen LogP contribution in [0.2, 0.25) is 0 Å². The number of hydrogen-bond donors (Lipinski definition) is 5. The maximum Gasteiger partial charge on any atom is 0.168 e. The average molecular weight is 477 g/mol. The summed E-state index contributed by atoms with van der Waals surface area (Å²) in [5.41, 5.74) is 9.09. The molecule has 5 rings (SSSR count). The number of aromatic nitrogens is 4. The van der Waals surface area contributed by atoms with E-state index in [1.807, 2.05) is 36.4 Å². The van der Waals surface area contributed by atoms with Crippen LogP contribution in [0, 0.1) is 0 Å². The second kappa shape index (κ2) is 10.1. The number of nitrogens with one attached hydrogen (secondary N) is 1. The van der Waals surface area contributed by atoms with Gasteiger partial charge in [-0.3, -0.25) is 4.57 Å². The predicted octanol–water partition coefficient (Wildman–Crippen LogP) is 1.14. The highest BCUT2D eigenvalue weighted by molar-refractivity contribution is 5.83. The first-order chi connectivity index (χ1) is 17.1. The van der Waals surface area contributed by atoms with Gasteiger partial charge < -0.3 is 31.1 Å². The molecule has 0 spiro atoms. The zero-order chi connectivity index (χ0) is 24.4. The van der Waals surface area contributed by atoms with Crippen molar-refractivity contribution < 1.29 is 20.1 Å². The number of aliphatic hydroxyl groups is 3. The summed E-state index contributed by atoms with van der Waals surface area (Å²) in [4.78, 5) is 13.5. The number of aliphatic hydroxyl groups excluding tert-OH is 3. The Balaban J connectivity index is 1.49. The molecule has 1 aliphatic rings. The number of anilines is 1. The molecule has 2 aromatic heterocycles. The Labute approximate surface area is 202 Å². The van der Waals surface area contributed by atoms with Gasteiger partial charge in [0.25, 0.3) is 0 Å². The molecule has 0 aliphatic carbocycles. The highest BCUT2D eigenvalue weighted by Gasteiger charge is 2.44. The van der Waals surface area contributed by atoms with E-state index in [4.69, 9.17) is 10.5 Å². The fourth-order valence-corrected chi connectivity index (χ4v) is 4.47. The van der Waals surface area contributed by atoms with Gasteiger partial charge in [-0.1, -0.05) is 60.7 Å². The third-order valence-corrected chi connectivity index (χ3v) is 6.32. The van der Waals surface area contributed by atoms with E-state index in [1.165, 1.54) is 10.9 Å². The lowest BCUT2D eigenvalue weighted by Gasteiger charge is -2.20. The van der Waals surface area contributed by atoms with Crippen LogP contribution in [0.15, 0.2) is 67.0 Å². The van der Waals surface area contributed by atoms with Crippen LogP contribution in [-0.2, 0) is 11.3 Å². The molecule has 0 bridgehead atoms. The van der Waals surface area contributed by atoms with E-state index in [9.17, 15) is 15.3 Å². The zero-order valence-electron chi connectivity index (χ0n) is 19.0. The summed E-state index contributed by atoms with van der Waals surface area (Å²) < 4.78 is 7.21. The molecular formula is C25H28N6O4. The third-order valence-electron chi connectivity index (χ3n) is 6.32. The average Bonchev–Trinajstić information content (AvgIpc) is 3.45. The van der Waals surface area contributed by atoms with Gasteiger partial charge in [-0.15, -0.1) is 0 Å². The predicted molar refractivity (Wildman–Crippen MR) is 129 cm³/mol. The molecule has 1 fully saturated rings. The molecule has 2 aromatic carbocycles. The summed E-state index contributed by atoms with van der Waals surface area (Å²) >= 11 is 0. The van der Waals surface area contributed by atoms with Crippen LogP contribution in [-0.4, -0.2) is 66.3 Å². The zero-order valence-corrected chi connectivity index (χ0v) is 19.0. The lowest BCUT2D eigenvalue weighted by molar-refractivity contribution is -0.0511. The SMILES string of the molecule is NCc1nc(NCC(c2ccccc2)c2ccccc2)c2ncn(C3OC(CO)C(O)C3O)c2n1. The minimum atomic E-state index is -1.25. The standard InChI is InChI=1S/C25H28N6O4/c26-11-19-29-23(27-12-17(15-7-3-1-4-8-15)16-9-5-2-6-10-16)20-24(30-19)31(14-28-20)25-22(34)21(33)18(13-32)35-25/h1-10,14,17-18,21-22,25,32-34H,11-13,26H2,(H,27,29,30). The van der Waals surface area contributed by atoms with E-state index < -0.39 is 31.1 Å². The number of ether oxygens (including phenoxy) is 1.